The molecule has 1 amide bonds. The van der Waals surface area contributed by atoms with Crippen LogP contribution in [0.15, 0.2) is 53.4 Å². The van der Waals surface area contributed by atoms with Gasteiger partial charge in [-0.05, 0) is 37.3 Å². The molecule has 0 aliphatic heterocycles. The fraction of sp³-hybridized carbons (Fsp3) is 0.350. The summed E-state index contributed by atoms with van der Waals surface area (Å²) in [7, 11) is -3.48. The molecule has 0 bridgehead atoms. The van der Waals surface area contributed by atoms with E-state index in [0.717, 1.165) is 5.56 Å². The number of anilines is 1. The molecule has 0 aromatic heterocycles. The van der Waals surface area contributed by atoms with E-state index in [1.165, 1.54) is 22.5 Å². The standard InChI is InChI=1S/C20H26FN3O3S/c1-4-24(5-2)28(26,27)19-11-9-16(10-12-19)15(3)22-14-20(25)23-18-8-6-7-17(21)13-18/h6-13,15,22H,4-5,14H2,1-3H3,(H,23,25)/p+1/t15-/m0/s1. The molecule has 8 heteroatoms. The molecular formula is C20H27FN3O3S+. The molecule has 0 radical (unpaired) electrons. The van der Waals surface area contributed by atoms with Gasteiger partial charge in [0.1, 0.15) is 11.9 Å². The van der Waals surface area contributed by atoms with Gasteiger partial charge in [0.05, 0.1) is 4.90 Å². The van der Waals surface area contributed by atoms with Crippen molar-refractivity contribution in [3.05, 3.63) is 59.9 Å². The number of sulfonamides is 1. The Hall–Kier alpha value is -2.29. The van der Waals surface area contributed by atoms with Crippen molar-refractivity contribution < 1.29 is 22.9 Å². The van der Waals surface area contributed by atoms with Crippen LogP contribution >= 0.6 is 0 Å². The number of amides is 1. The highest BCUT2D eigenvalue weighted by Gasteiger charge is 2.22. The van der Waals surface area contributed by atoms with E-state index >= 15 is 0 Å². The number of nitrogens with one attached hydrogen (secondary N) is 1. The number of nitrogens with two attached hydrogens (primary N) is 1. The van der Waals surface area contributed by atoms with Crippen LogP contribution in [0.4, 0.5) is 10.1 Å². The van der Waals surface area contributed by atoms with Crippen molar-refractivity contribution in [2.75, 3.05) is 25.0 Å². The molecule has 2 aromatic carbocycles. The van der Waals surface area contributed by atoms with Crippen molar-refractivity contribution in [3.63, 3.8) is 0 Å². The topological polar surface area (TPSA) is 83.1 Å². The summed E-state index contributed by atoms with van der Waals surface area (Å²) in [6, 6.07) is 12.4. The molecule has 0 saturated heterocycles. The van der Waals surface area contributed by atoms with E-state index < -0.39 is 15.8 Å². The molecule has 0 fully saturated rings. The van der Waals surface area contributed by atoms with E-state index in [9.17, 15) is 17.6 Å². The number of carbonyl (C=O) groups excluding carboxylic acids is 1. The molecule has 28 heavy (non-hydrogen) atoms. The highest BCUT2D eigenvalue weighted by Crippen LogP contribution is 2.18. The minimum atomic E-state index is -3.48. The SMILES string of the molecule is CCN(CC)S(=O)(=O)c1ccc([C@H](C)[NH2+]CC(=O)Nc2cccc(F)c2)cc1. The Morgan fingerprint density at radius 1 is 1.14 bits per heavy atom. The highest BCUT2D eigenvalue weighted by molar-refractivity contribution is 7.89. The van der Waals surface area contributed by atoms with Gasteiger partial charge in [0.2, 0.25) is 10.0 Å². The molecule has 0 unspecified atom stereocenters. The minimum absolute atomic E-state index is 0.0385. The molecule has 0 spiro atoms. The lowest BCUT2D eigenvalue weighted by molar-refractivity contribution is -0.682. The van der Waals surface area contributed by atoms with Crippen molar-refractivity contribution in [2.24, 2.45) is 0 Å². The fourth-order valence-electron chi connectivity index (χ4n) is 2.85. The van der Waals surface area contributed by atoms with Crippen LogP contribution in [0.25, 0.3) is 0 Å². The number of quaternary nitrogens is 1. The summed E-state index contributed by atoms with van der Waals surface area (Å²) in [6.07, 6.45) is 0. The van der Waals surface area contributed by atoms with Gasteiger partial charge in [-0.15, -0.1) is 0 Å². The number of hydrogen-bond acceptors (Lipinski definition) is 3. The molecule has 0 saturated carbocycles. The van der Waals surface area contributed by atoms with Crippen molar-refractivity contribution in [3.8, 4) is 0 Å². The van der Waals surface area contributed by atoms with Gasteiger partial charge in [0.25, 0.3) is 5.91 Å². The van der Waals surface area contributed by atoms with Gasteiger partial charge >= 0.3 is 0 Å². The highest BCUT2D eigenvalue weighted by atomic mass is 32.2. The van der Waals surface area contributed by atoms with Gasteiger partial charge in [-0.2, -0.15) is 4.31 Å². The van der Waals surface area contributed by atoms with Gasteiger partial charge < -0.3 is 10.6 Å². The third kappa shape index (κ3) is 5.60. The number of hydrogen-bond donors (Lipinski definition) is 2. The zero-order valence-electron chi connectivity index (χ0n) is 16.4. The van der Waals surface area contributed by atoms with Crippen molar-refractivity contribution in [2.45, 2.75) is 31.7 Å². The quantitative estimate of drug-likeness (QED) is 0.667. The second kappa shape index (κ2) is 9.77. The number of benzene rings is 2. The van der Waals surface area contributed by atoms with Crippen LogP contribution in [0, 0.1) is 5.82 Å². The monoisotopic (exact) mass is 408 g/mol. The van der Waals surface area contributed by atoms with Crippen LogP contribution in [-0.2, 0) is 14.8 Å². The first-order chi connectivity index (χ1) is 13.3. The number of carbonyl (C=O) groups is 1. The average Bonchev–Trinajstić information content (AvgIpc) is 2.67. The van der Waals surface area contributed by atoms with E-state index in [1.54, 1.807) is 44.2 Å². The Morgan fingerprint density at radius 2 is 1.79 bits per heavy atom. The van der Waals surface area contributed by atoms with Crippen LogP contribution in [0.3, 0.4) is 0 Å². The largest absolute Gasteiger partial charge is 0.333 e. The normalized spacial score (nSPS) is 12.8. The van der Waals surface area contributed by atoms with Crippen molar-refractivity contribution in [1.29, 1.82) is 0 Å². The number of halogens is 1. The zero-order chi connectivity index (χ0) is 20.7. The molecule has 2 rings (SSSR count). The van der Waals surface area contributed by atoms with E-state index in [0.29, 0.717) is 18.8 Å². The molecular weight excluding hydrogens is 381 g/mol. The molecule has 0 heterocycles. The molecule has 2 aromatic rings. The zero-order valence-corrected chi connectivity index (χ0v) is 17.2. The van der Waals surface area contributed by atoms with E-state index in [1.807, 2.05) is 12.2 Å². The van der Waals surface area contributed by atoms with Crippen LogP contribution < -0.4 is 10.6 Å². The lowest BCUT2D eigenvalue weighted by Crippen LogP contribution is -2.86. The minimum Gasteiger partial charge on any atom is -0.333 e. The Morgan fingerprint density at radius 3 is 2.36 bits per heavy atom. The van der Waals surface area contributed by atoms with Crippen LogP contribution in [-0.4, -0.2) is 38.3 Å². The van der Waals surface area contributed by atoms with E-state index in [4.69, 9.17) is 0 Å². The number of rotatable bonds is 9. The first kappa shape index (κ1) is 22.0. The van der Waals surface area contributed by atoms with E-state index in [2.05, 4.69) is 5.32 Å². The van der Waals surface area contributed by atoms with Crippen LogP contribution in [0.1, 0.15) is 32.4 Å². The van der Waals surface area contributed by atoms with Gasteiger partial charge in [-0.3, -0.25) is 4.79 Å². The molecule has 6 nitrogen and oxygen atoms in total. The third-order valence-electron chi connectivity index (χ3n) is 4.51. The maximum Gasteiger partial charge on any atom is 0.279 e. The van der Waals surface area contributed by atoms with Gasteiger partial charge in [0.15, 0.2) is 6.54 Å². The Bertz CT molecular complexity index is 897. The number of nitrogens with zero attached hydrogens (tertiary/aromatic N) is 1. The average molecular weight is 409 g/mol. The maximum absolute atomic E-state index is 13.2. The lowest BCUT2D eigenvalue weighted by Gasteiger charge is -2.19. The summed E-state index contributed by atoms with van der Waals surface area (Å²) >= 11 is 0. The molecule has 0 aliphatic carbocycles. The second-order valence-corrected chi connectivity index (χ2v) is 8.38. The smallest absolute Gasteiger partial charge is 0.279 e. The first-order valence-electron chi connectivity index (χ1n) is 9.26. The van der Waals surface area contributed by atoms with E-state index in [-0.39, 0.29) is 23.4 Å². The maximum atomic E-state index is 13.2. The summed E-state index contributed by atoms with van der Waals surface area (Å²) in [5.74, 6) is -0.645. The summed E-state index contributed by atoms with van der Waals surface area (Å²) in [5.41, 5.74) is 1.33. The van der Waals surface area contributed by atoms with Gasteiger partial charge in [-0.25, -0.2) is 12.8 Å². The van der Waals surface area contributed by atoms with Crippen LogP contribution in [0.5, 0.6) is 0 Å². The Kier molecular flexibility index (Phi) is 7.68. The Balaban J connectivity index is 1.95. The molecule has 0 aliphatic rings. The second-order valence-electron chi connectivity index (χ2n) is 6.45. The van der Waals surface area contributed by atoms with Crippen molar-refractivity contribution >= 4 is 21.6 Å². The summed E-state index contributed by atoms with van der Waals surface area (Å²) in [4.78, 5) is 12.3. The summed E-state index contributed by atoms with van der Waals surface area (Å²) in [6.45, 7) is 6.56. The Labute approximate surface area is 165 Å². The predicted octanol–water partition coefficient (Wildman–Crippen LogP) is 2.12. The first-order valence-corrected chi connectivity index (χ1v) is 10.7. The third-order valence-corrected chi connectivity index (χ3v) is 6.58. The molecule has 3 N–H and O–H groups in total. The fourth-order valence-corrected chi connectivity index (χ4v) is 4.31. The molecule has 1 atom stereocenters. The molecule has 152 valence electrons. The summed E-state index contributed by atoms with van der Waals surface area (Å²) < 4.78 is 39.6. The lowest BCUT2D eigenvalue weighted by atomic mass is 10.1. The van der Waals surface area contributed by atoms with Gasteiger partial charge in [-0.1, -0.05) is 32.0 Å². The van der Waals surface area contributed by atoms with Gasteiger partial charge in [0, 0.05) is 24.3 Å². The predicted molar refractivity (Wildman–Crippen MR) is 107 cm³/mol. The van der Waals surface area contributed by atoms with Crippen molar-refractivity contribution in [1.82, 2.24) is 4.31 Å². The summed E-state index contributed by atoms with van der Waals surface area (Å²) in [5, 5.41) is 4.48. The van der Waals surface area contributed by atoms with Crippen LogP contribution in [0.2, 0.25) is 0 Å².